The Bertz CT molecular complexity index is 583. The predicted molar refractivity (Wildman–Crippen MR) is 85.6 cm³/mol. The van der Waals surface area contributed by atoms with Crippen molar-refractivity contribution in [1.29, 1.82) is 0 Å². The molecule has 1 amide bonds. The molecule has 5 heteroatoms. The van der Waals surface area contributed by atoms with Gasteiger partial charge in [0.1, 0.15) is 0 Å². The van der Waals surface area contributed by atoms with E-state index >= 15 is 0 Å². The molecule has 4 nitrogen and oxygen atoms in total. The number of benzene rings is 1. The number of hydrogen-bond donors (Lipinski definition) is 0. The molecule has 1 unspecified atom stereocenters. The van der Waals surface area contributed by atoms with Gasteiger partial charge in [-0.2, -0.15) is 0 Å². The number of para-hydroxylation sites is 1. The standard InChI is InChI=1S/C16H20N2O2S/c1-12(19)18-14-9-5-4-8-13(14)15(20)16(18,21-2)17-10-6-3-7-11-17/h4-5,8-9H,3,6-7,10-11H2,1-2H3. The number of thioether (sulfide) groups is 1. The normalized spacial score (nSPS) is 26.0. The molecular weight excluding hydrogens is 284 g/mol. The summed E-state index contributed by atoms with van der Waals surface area (Å²) in [4.78, 5) is 28.4. The molecule has 0 spiro atoms. The lowest BCUT2D eigenvalue weighted by Gasteiger charge is -2.45. The zero-order valence-electron chi connectivity index (χ0n) is 12.5. The lowest BCUT2D eigenvalue weighted by molar-refractivity contribution is -0.117. The minimum atomic E-state index is -0.893. The summed E-state index contributed by atoms with van der Waals surface area (Å²) in [5.41, 5.74) is 1.41. The first-order chi connectivity index (χ1) is 10.1. The van der Waals surface area contributed by atoms with Crippen molar-refractivity contribution >= 4 is 29.1 Å². The second-order valence-corrected chi connectivity index (χ2v) is 6.54. The van der Waals surface area contributed by atoms with Crippen molar-refractivity contribution in [2.75, 3.05) is 24.2 Å². The Morgan fingerprint density at radius 1 is 1.19 bits per heavy atom. The van der Waals surface area contributed by atoms with Crippen LogP contribution in [0, 0.1) is 0 Å². The van der Waals surface area contributed by atoms with E-state index in [0.29, 0.717) is 5.56 Å². The Hall–Kier alpha value is -1.33. The SMILES string of the molecule is CSC1(N2CCCCC2)C(=O)c2ccccc2N1C(C)=O. The van der Waals surface area contributed by atoms with Crippen molar-refractivity contribution in [3.8, 4) is 0 Å². The molecule has 2 aliphatic rings. The summed E-state index contributed by atoms with van der Waals surface area (Å²) in [7, 11) is 0. The first kappa shape index (κ1) is 14.6. The van der Waals surface area contributed by atoms with Crippen LogP contribution in [0.2, 0.25) is 0 Å². The average Bonchev–Trinajstić information content (AvgIpc) is 2.78. The molecule has 1 aromatic rings. The van der Waals surface area contributed by atoms with Gasteiger partial charge in [-0.1, -0.05) is 18.6 Å². The number of rotatable bonds is 2. The Balaban J connectivity index is 2.14. The van der Waals surface area contributed by atoms with Gasteiger partial charge in [0.15, 0.2) is 0 Å². The summed E-state index contributed by atoms with van der Waals surface area (Å²) in [6.07, 6.45) is 5.28. The number of carbonyl (C=O) groups is 2. The van der Waals surface area contributed by atoms with Crippen LogP contribution in [0.25, 0.3) is 0 Å². The third-order valence-corrected chi connectivity index (χ3v) is 5.57. The highest BCUT2D eigenvalue weighted by molar-refractivity contribution is 8.00. The van der Waals surface area contributed by atoms with Crippen LogP contribution >= 0.6 is 11.8 Å². The van der Waals surface area contributed by atoms with Crippen LogP contribution in [-0.4, -0.2) is 40.9 Å². The quantitative estimate of drug-likeness (QED) is 0.842. The minimum absolute atomic E-state index is 0.0442. The molecular formula is C16H20N2O2S. The lowest BCUT2D eigenvalue weighted by Crippen LogP contribution is -2.62. The predicted octanol–water partition coefficient (Wildman–Crippen LogP) is 2.74. The summed E-state index contributed by atoms with van der Waals surface area (Å²) >= 11 is 1.47. The molecule has 21 heavy (non-hydrogen) atoms. The van der Waals surface area contributed by atoms with Gasteiger partial charge in [-0.15, -0.1) is 11.8 Å². The number of fused-ring (bicyclic) bond motifs is 1. The third kappa shape index (κ3) is 2.02. The lowest BCUT2D eigenvalue weighted by atomic mass is 10.1. The van der Waals surface area contributed by atoms with Gasteiger partial charge in [-0.3, -0.25) is 19.4 Å². The van der Waals surface area contributed by atoms with Crippen molar-refractivity contribution in [2.45, 2.75) is 31.2 Å². The van der Waals surface area contributed by atoms with Gasteiger partial charge in [0.2, 0.25) is 16.7 Å². The fraction of sp³-hybridized carbons (Fsp3) is 0.500. The number of Topliss-reactive ketones (excluding diaryl/α,β-unsaturated/α-hetero) is 1. The monoisotopic (exact) mass is 304 g/mol. The van der Waals surface area contributed by atoms with Crippen molar-refractivity contribution in [3.63, 3.8) is 0 Å². The zero-order valence-corrected chi connectivity index (χ0v) is 13.3. The molecule has 0 radical (unpaired) electrons. The number of carbonyl (C=O) groups excluding carboxylic acids is 2. The van der Waals surface area contributed by atoms with Crippen LogP contribution in [0.5, 0.6) is 0 Å². The minimum Gasteiger partial charge on any atom is -0.289 e. The number of ketones is 1. The maximum atomic E-state index is 13.1. The number of piperidine rings is 1. The van der Waals surface area contributed by atoms with E-state index in [1.165, 1.54) is 18.2 Å². The van der Waals surface area contributed by atoms with Crippen molar-refractivity contribution in [1.82, 2.24) is 4.90 Å². The van der Waals surface area contributed by atoms with Gasteiger partial charge in [-0.05, 0) is 31.2 Å². The van der Waals surface area contributed by atoms with E-state index in [4.69, 9.17) is 0 Å². The molecule has 0 aliphatic carbocycles. The summed E-state index contributed by atoms with van der Waals surface area (Å²) < 4.78 is 0. The van der Waals surface area contributed by atoms with Crippen LogP contribution in [-0.2, 0) is 4.79 Å². The highest BCUT2D eigenvalue weighted by Crippen LogP contribution is 2.47. The van der Waals surface area contributed by atoms with Crippen molar-refractivity contribution < 1.29 is 9.59 Å². The van der Waals surface area contributed by atoms with E-state index in [1.807, 2.05) is 30.5 Å². The van der Waals surface area contributed by atoms with Gasteiger partial charge in [-0.25, -0.2) is 0 Å². The Labute approximate surface area is 129 Å². The second-order valence-electron chi connectivity index (χ2n) is 5.56. The van der Waals surface area contributed by atoms with Crippen LogP contribution in [0.1, 0.15) is 36.5 Å². The molecule has 0 saturated carbocycles. The molecule has 1 saturated heterocycles. The maximum absolute atomic E-state index is 13.1. The van der Waals surface area contributed by atoms with E-state index in [-0.39, 0.29) is 11.7 Å². The highest BCUT2D eigenvalue weighted by Gasteiger charge is 2.56. The molecule has 1 atom stereocenters. The Morgan fingerprint density at radius 2 is 1.86 bits per heavy atom. The number of likely N-dealkylation sites (tertiary alicyclic amines) is 1. The molecule has 1 aromatic carbocycles. The van der Waals surface area contributed by atoms with Gasteiger partial charge < -0.3 is 0 Å². The fourth-order valence-electron chi connectivity index (χ4n) is 3.48. The molecule has 0 N–H and O–H groups in total. The van der Waals surface area contributed by atoms with E-state index in [2.05, 4.69) is 4.90 Å². The number of nitrogens with zero attached hydrogens (tertiary/aromatic N) is 2. The summed E-state index contributed by atoms with van der Waals surface area (Å²) in [6.45, 7) is 3.28. The molecule has 3 rings (SSSR count). The Morgan fingerprint density at radius 3 is 2.48 bits per heavy atom. The highest BCUT2D eigenvalue weighted by atomic mass is 32.2. The summed E-state index contributed by atoms with van der Waals surface area (Å²) in [5.74, 6) is -0.0316. The topological polar surface area (TPSA) is 40.6 Å². The number of anilines is 1. The first-order valence-electron chi connectivity index (χ1n) is 7.37. The van der Waals surface area contributed by atoms with Crippen LogP contribution in [0.4, 0.5) is 5.69 Å². The molecule has 112 valence electrons. The molecule has 2 aliphatic heterocycles. The number of amides is 1. The molecule has 1 fully saturated rings. The van der Waals surface area contributed by atoms with Crippen LogP contribution in [0.3, 0.4) is 0 Å². The van der Waals surface area contributed by atoms with Gasteiger partial charge in [0, 0.05) is 25.6 Å². The van der Waals surface area contributed by atoms with E-state index in [9.17, 15) is 9.59 Å². The first-order valence-corrected chi connectivity index (χ1v) is 8.60. The van der Waals surface area contributed by atoms with E-state index < -0.39 is 4.99 Å². The van der Waals surface area contributed by atoms with Gasteiger partial charge >= 0.3 is 0 Å². The average molecular weight is 304 g/mol. The zero-order chi connectivity index (χ0) is 15.0. The summed E-state index contributed by atoms with van der Waals surface area (Å²) in [5, 5.41) is 0. The second kappa shape index (κ2) is 5.46. The fourth-order valence-corrected chi connectivity index (χ4v) is 4.62. The van der Waals surface area contributed by atoms with Gasteiger partial charge in [0.25, 0.3) is 0 Å². The molecule has 0 aromatic heterocycles. The summed E-state index contributed by atoms with van der Waals surface area (Å²) in [6, 6.07) is 7.45. The van der Waals surface area contributed by atoms with Crippen molar-refractivity contribution in [2.24, 2.45) is 0 Å². The van der Waals surface area contributed by atoms with Crippen LogP contribution < -0.4 is 4.90 Å². The maximum Gasteiger partial charge on any atom is 0.226 e. The van der Waals surface area contributed by atoms with Crippen molar-refractivity contribution in [3.05, 3.63) is 29.8 Å². The number of hydrogen-bond acceptors (Lipinski definition) is 4. The molecule has 0 bridgehead atoms. The largest absolute Gasteiger partial charge is 0.289 e. The third-order valence-electron chi connectivity index (χ3n) is 4.37. The van der Waals surface area contributed by atoms with E-state index in [0.717, 1.165) is 31.6 Å². The van der Waals surface area contributed by atoms with Crippen LogP contribution in [0.15, 0.2) is 24.3 Å². The molecule has 2 heterocycles. The van der Waals surface area contributed by atoms with E-state index in [1.54, 1.807) is 11.8 Å². The van der Waals surface area contributed by atoms with Gasteiger partial charge in [0.05, 0.1) is 5.69 Å². The smallest absolute Gasteiger partial charge is 0.226 e. The Kier molecular flexibility index (Phi) is 3.80.